The second-order valence-electron chi connectivity index (χ2n) is 7.09. The third-order valence-electron chi connectivity index (χ3n) is 5.12. The molecule has 0 unspecified atom stereocenters. The molecule has 2 N–H and O–H groups in total. The first-order chi connectivity index (χ1) is 13.7. The molecule has 1 heterocycles. The van der Waals surface area contributed by atoms with Crippen molar-refractivity contribution in [1.82, 2.24) is 10.2 Å². The van der Waals surface area contributed by atoms with Gasteiger partial charge in [0.05, 0.1) is 0 Å². The average molecular weight is 383 g/mol. The first-order valence-corrected chi connectivity index (χ1v) is 10.1. The van der Waals surface area contributed by atoms with Crippen molar-refractivity contribution in [3.05, 3.63) is 42.5 Å². The highest BCUT2D eigenvalue weighted by Crippen LogP contribution is 2.21. The van der Waals surface area contributed by atoms with E-state index in [0.717, 1.165) is 22.9 Å². The summed E-state index contributed by atoms with van der Waals surface area (Å²) < 4.78 is 5.27. The van der Waals surface area contributed by atoms with E-state index in [9.17, 15) is 9.59 Å². The number of anilines is 1. The summed E-state index contributed by atoms with van der Waals surface area (Å²) in [7, 11) is 0. The Morgan fingerprint density at radius 1 is 1.11 bits per heavy atom. The van der Waals surface area contributed by atoms with Gasteiger partial charge in [-0.15, -0.1) is 0 Å². The van der Waals surface area contributed by atoms with Crippen LogP contribution < -0.4 is 10.6 Å². The van der Waals surface area contributed by atoms with Crippen LogP contribution in [0.5, 0.6) is 0 Å². The lowest BCUT2D eigenvalue weighted by Crippen LogP contribution is -2.44. The molecule has 0 saturated carbocycles. The molecule has 1 aliphatic rings. The molecule has 0 spiro atoms. The zero-order valence-corrected chi connectivity index (χ0v) is 16.4. The smallest absolute Gasteiger partial charge is 0.321 e. The lowest BCUT2D eigenvalue weighted by atomic mass is 9.96. The molecule has 28 heavy (non-hydrogen) atoms. The summed E-state index contributed by atoms with van der Waals surface area (Å²) in [5.41, 5.74) is 0.790. The Bertz CT molecular complexity index is 800. The summed E-state index contributed by atoms with van der Waals surface area (Å²) in [6.07, 6.45) is 2.22. The molecule has 150 valence electrons. The molecule has 1 aliphatic heterocycles. The first-order valence-electron chi connectivity index (χ1n) is 10.1. The quantitative estimate of drug-likeness (QED) is 0.718. The first kappa shape index (κ1) is 20.1. The minimum absolute atomic E-state index is 0.0168. The van der Waals surface area contributed by atoms with E-state index in [4.69, 9.17) is 4.74 Å². The van der Waals surface area contributed by atoms with Crippen molar-refractivity contribution < 1.29 is 14.3 Å². The predicted molar refractivity (Wildman–Crippen MR) is 111 cm³/mol. The highest BCUT2D eigenvalue weighted by atomic mass is 16.5. The maximum absolute atomic E-state index is 12.6. The maximum atomic E-state index is 12.6. The SMILES string of the molecule is CCOCCCNC(=O)C1CCN(C(=O)Nc2ccc3ccccc3c2)CC1. The predicted octanol–water partition coefficient (Wildman–Crippen LogP) is 3.63. The van der Waals surface area contributed by atoms with E-state index in [2.05, 4.69) is 10.6 Å². The molecule has 0 bridgehead atoms. The third-order valence-corrected chi connectivity index (χ3v) is 5.12. The summed E-state index contributed by atoms with van der Waals surface area (Å²) in [5, 5.41) is 8.19. The number of rotatable bonds is 7. The number of nitrogens with one attached hydrogen (secondary N) is 2. The lowest BCUT2D eigenvalue weighted by Gasteiger charge is -2.31. The minimum atomic E-state index is -0.106. The Hall–Kier alpha value is -2.60. The number of hydrogen-bond donors (Lipinski definition) is 2. The normalized spacial score (nSPS) is 14.8. The van der Waals surface area contributed by atoms with Crippen LogP contribution in [0.25, 0.3) is 10.8 Å². The number of carbonyl (C=O) groups excluding carboxylic acids is 2. The number of amides is 3. The Kier molecular flexibility index (Phi) is 7.25. The van der Waals surface area contributed by atoms with Crippen molar-refractivity contribution in [2.24, 2.45) is 5.92 Å². The summed E-state index contributed by atoms with van der Waals surface area (Å²) >= 11 is 0. The Morgan fingerprint density at radius 3 is 2.61 bits per heavy atom. The van der Waals surface area contributed by atoms with Crippen molar-refractivity contribution in [3.8, 4) is 0 Å². The number of urea groups is 1. The zero-order valence-electron chi connectivity index (χ0n) is 16.4. The van der Waals surface area contributed by atoms with Crippen LogP contribution in [0.2, 0.25) is 0 Å². The van der Waals surface area contributed by atoms with Crippen molar-refractivity contribution in [2.45, 2.75) is 26.2 Å². The topological polar surface area (TPSA) is 70.7 Å². The van der Waals surface area contributed by atoms with E-state index in [1.54, 1.807) is 4.90 Å². The fraction of sp³-hybridized carbons (Fsp3) is 0.455. The monoisotopic (exact) mass is 383 g/mol. The fourth-order valence-corrected chi connectivity index (χ4v) is 3.49. The molecular weight excluding hydrogens is 354 g/mol. The summed E-state index contributed by atoms with van der Waals surface area (Å²) in [6.45, 7) is 5.16. The van der Waals surface area contributed by atoms with Gasteiger partial charge in [0.1, 0.15) is 0 Å². The molecule has 6 heteroatoms. The highest BCUT2D eigenvalue weighted by Gasteiger charge is 2.27. The molecule has 0 aliphatic carbocycles. The number of piperidine rings is 1. The van der Waals surface area contributed by atoms with E-state index in [1.807, 2.05) is 49.4 Å². The van der Waals surface area contributed by atoms with Crippen LogP contribution in [-0.2, 0) is 9.53 Å². The molecule has 6 nitrogen and oxygen atoms in total. The van der Waals surface area contributed by atoms with Crippen molar-refractivity contribution in [1.29, 1.82) is 0 Å². The molecule has 1 fully saturated rings. The van der Waals surface area contributed by atoms with Gasteiger partial charge in [0.2, 0.25) is 5.91 Å². The number of ether oxygens (including phenoxy) is 1. The van der Waals surface area contributed by atoms with E-state index < -0.39 is 0 Å². The number of carbonyl (C=O) groups is 2. The summed E-state index contributed by atoms with van der Waals surface area (Å²) in [6, 6.07) is 13.9. The van der Waals surface area contributed by atoms with Gasteiger partial charge in [-0.3, -0.25) is 4.79 Å². The van der Waals surface area contributed by atoms with E-state index in [-0.39, 0.29) is 17.9 Å². The Balaban J connectivity index is 1.43. The molecule has 1 saturated heterocycles. The van der Waals surface area contributed by atoms with Gasteiger partial charge in [-0.1, -0.05) is 30.3 Å². The van der Waals surface area contributed by atoms with Gasteiger partial charge in [-0.05, 0) is 49.1 Å². The van der Waals surface area contributed by atoms with Gasteiger partial charge in [0, 0.05) is 44.5 Å². The standard InChI is InChI=1S/C22H29N3O3/c1-2-28-15-5-12-23-21(26)18-10-13-25(14-11-18)22(27)24-20-9-8-17-6-3-4-7-19(17)16-20/h3-4,6-9,16,18H,2,5,10-15H2,1H3,(H,23,26)(H,24,27). The molecular formula is C22H29N3O3. The molecule has 3 rings (SSSR count). The number of likely N-dealkylation sites (tertiary alicyclic amines) is 1. The molecule has 0 aromatic heterocycles. The van der Waals surface area contributed by atoms with Gasteiger partial charge >= 0.3 is 6.03 Å². The van der Waals surface area contributed by atoms with Crippen molar-refractivity contribution in [3.63, 3.8) is 0 Å². The van der Waals surface area contributed by atoms with Gasteiger partial charge in [-0.2, -0.15) is 0 Å². The van der Waals surface area contributed by atoms with Gasteiger partial charge in [0.15, 0.2) is 0 Å². The number of nitrogens with zero attached hydrogens (tertiary/aromatic N) is 1. The van der Waals surface area contributed by atoms with Crippen LogP contribution in [0.4, 0.5) is 10.5 Å². The largest absolute Gasteiger partial charge is 0.382 e. The second kappa shape index (κ2) is 10.1. The van der Waals surface area contributed by atoms with Crippen LogP contribution in [0.15, 0.2) is 42.5 Å². The summed E-state index contributed by atoms with van der Waals surface area (Å²) in [4.78, 5) is 26.6. The van der Waals surface area contributed by atoms with Gasteiger partial charge < -0.3 is 20.3 Å². The van der Waals surface area contributed by atoms with Crippen LogP contribution in [0, 0.1) is 5.92 Å². The fourth-order valence-electron chi connectivity index (χ4n) is 3.49. The van der Waals surface area contributed by atoms with E-state index >= 15 is 0 Å². The Labute approximate surface area is 166 Å². The third kappa shape index (κ3) is 5.45. The maximum Gasteiger partial charge on any atom is 0.321 e. The molecule has 2 aromatic rings. The molecule has 3 amide bonds. The zero-order chi connectivity index (χ0) is 19.8. The van der Waals surface area contributed by atoms with Crippen LogP contribution >= 0.6 is 0 Å². The van der Waals surface area contributed by atoms with Gasteiger partial charge in [-0.25, -0.2) is 4.79 Å². The van der Waals surface area contributed by atoms with Crippen LogP contribution in [0.1, 0.15) is 26.2 Å². The summed E-state index contributed by atoms with van der Waals surface area (Å²) in [5.74, 6) is 0.0721. The lowest BCUT2D eigenvalue weighted by molar-refractivity contribution is -0.126. The average Bonchev–Trinajstić information content (AvgIpc) is 2.73. The molecule has 2 aromatic carbocycles. The van der Waals surface area contributed by atoms with Crippen molar-refractivity contribution >= 4 is 28.4 Å². The van der Waals surface area contributed by atoms with Crippen LogP contribution in [-0.4, -0.2) is 49.7 Å². The van der Waals surface area contributed by atoms with Gasteiger partial charge in [0.25, 0.3) is 0 Å². The molecule has 0 atom stereocenters. The second-order valence-corrected chi connectivity index (χ2v) is 7.09. The number of fused-ring (bicyclic) bond motifs is 1. The van der Waals surface area contributed by atoms with Crippen LogP contribution in [0.3, 0.4) is 0 Å². The Morgan fingerprint density at radius 2 is 1.86 bits per heavy atom. The highest BCUT2D eigenvalue weighted by molar-refractivity contribution is 5.93. The van der Waals surface area contributed by atoms with E-state index in [0.29, 0.717) is 45.7 Å². The van der Waals surface area contributed by atoms with E-state index in [1.165, 1.54) is 0 Å². The molecule has 0 radical (unpaired) electrons. The van der Waals surface area contributed by atoms with Crippen molar-refractivity contribution in [2.75, 3.05) is 38.2 Å². The number of benzene rings is 2. The minimum Gasteiger partial charge on any atom is -0.382 e. The number of hydrogen-bond acceptors (Lipinski definition) is 3.